The molecule has 1 aliphatic heterocycles. The van der Waals surface area contributed by atoms with Crippen molar-refractivity contribution in [3.8, 4) is 0 Å². The van der Waals surface area contributed by atoms with E-state index in [9.17, 15) is 0 Å². The standard InChI is InChI=1S/C22H26ClN7/c1-2-16-6-8-18(9-7-16)25-22-27-20(26-21(24)28-22)15-29-10-12-30(13-11-29)19-5-3-4-17(23)14-19/h3-9,14H,2,10-13,15H2,1H3,(H3,24,25,26,27,28). The quantitative estimate of drug-likeness (QED) is 0.624. The first-order valence-corrected chi connectivity index (χ1v) is 10.6. The van der Waals surface area contributed by atoms with Gasteiger partial charge in [-0.25, -0.2) is 0 Å². The van der Waals surface area contributed by atoms with Gasteiger partial charge in [0.25, 0.3) is 0 Å². The lowest BCUT2D eigenvalue weighted by Gasteiger charge is -2.35. The van der Waals surface area contributed by atoms with Gasteiger partial charge in [-0.3, -0.25) is 4.90 Å². The molecular weight excluding hydrogens is 398 g/mol. The predicted octanol–water partition coefficient (Wildman–Crippen LogP) is 3.74. The Hall–Kier alpha value is -2.90. The number of hydrogen-bond donors (Lipinski definition) is 2. The van der Waals surface area contributed by atoms with Crippen LogP contribution in [0.1, 0.15) is 18.3 Å². The minimum atomic E-state index is 0.227. The topological polar surface area (TPSA) is 83.2 Å². The number of aryl methyl sites for hydroxylation is 1. The molecule has 0 radical (unpaired) electrons. The first-order valence-electron chi connectivity index (χ1n) is 10.2. The second kappa shape index (κ2) is 9.28. The van der Waals surface area contributed by atoms with E-state index in [2.05, 4.69) is 55.2 Å². The molecule has 8 heteroatoms. The molecule has 3 aromatic rings. The van der Waals surface area contributed by atoms with Gasteiger partial charge in [0.1, 0.15) is 5.82 Å². The molecule has 7 nitrogen and oxygen atoms in total. The molecule has 4 rings (SSSR count). The molecule has 156 valence electrons. The van der Waals surface area contributed by atoms with E-state index in [1.807, 2.05) is 30.3 Å². The normalized spacial score (nSPS) is 14.7. The molecular formula is C22H26ClN7. The molecule has 1 aromatic heterocycles. The fourth-order valence-electron chi connectivity index (χ4n) is 3.55. The number of aromatic nitrogens is 3. The van der Waals surface area contributed by atoms with Crippen LogP contribution in [-0.4, -0.2) is 46.0 Å². The molecule has 1 saturated heterocycles. The summed E-state index contributed by atoms with van der Waals surface area (Å²) in [5.41, 5.74) is 9.31. The lowest BCUT2D eigenvalue weighted by molar-refractivity contribution is 0.244. The zero-order valence-corrected chi connectivity index (χ0v) is 17.8. The molecule has 3 N–H and O–H groups in total. The Morgan fingerprint density at radius 2 is 1.77 bits per heavy atom. The van der Waals surface area contributed by atoms with Crippen molar-refractivity contribution in [2.45, 2.75) is 19.9 Å². The minimum Gasteiger partial charge on any atom is -0.369 e. The highest BCUT2D eigenvalue weighted by Gasteiger charge is 2.19. The summed E-state index contributed by atoms with van der Waals surface area (Å²) >= 11 is 6.13. The Labute approximate surface area is 181 Å². The van der Waals surface area contributed by atoms with E-state index in [-0.39, 0.29) is 5.95 Å². The average molecular weight is 424 g/mol. The number of nitrogen functional groups attached to an aromatic ring is 1. The summed E-state index contributed by atoms with van der Waals surface area (Å²) < 4.78 is 0. The van der Waals surface area contributed by atoms with Crippen LogP contribution in [0.5, 0.6) is 0 Å². The van der Waals surface area contributed by atoms with Crippen molar-refractivity contribution < 1.29 is 0 Å². The van der Waals surface area contributed by atoms with E-state index < -0.39 is 0 Å². The van der Waals surface area contributed by atoms with Crippen LogP contribution in [0.4, 0.5) is 23.3 Å². The molecule has 0 amide bonds. The zero-order chi connectivity index (χ0) is 20.9. The average Bonchev–Trinajstić information content (AvgIpc) is 2.74. The van der Waals surface area contributed by atoms with Crippen molar-refractivity contribution in [1.82, 2.24) is 19.9 Å². The summed E-state index contributed by atoms with van der Waals surface area (Å²) in [5.74, 6) is 1.37. The van der Waals surface area contributed by atoms with Gasteiger partial charge in [-0.2, -0.15) is 15.0 Å². The van der Waals surface area contributed by atoms with E-state index in [4.69, 9.17) is 17.3 Å². The third kappa shape index (κ3) is 5.17. The van der Waals surface area contributed by atoms with Gasteiger partial charge >= 0.3 is 0 Å². The number of halogens is 1. The van der Waals surface area contributed by atoms with Crippen LogP contribution in [0.2, 0.25) is 5.02 Å². The van der Waals surface area contributed by atoms with E-state index in [0.29, 0.717) is 18.3 Å². The number of anilines is 4. The van der Waals surface area contributed by atoms with Crippen molar-refractivity contribution in [3.05, 3.63) is 64.9 Å². The van der Waals surface area contributed by atoms with Crippen LogP contribution in [0.15, 0.2) is 48.5 Å². The Kier molecular flexibility index (Phi) is 6.30. The van der Waals surface area contributed by atoms with Gasteiger partial charge in [0.15, 0.2) is 0 Å². The number of rotatable bonds is 6. The van der Waals surface area contributed by atoms with Crippen LogP contribution in [0, 0.1) is 0 Å². The molecule has 1 aliphatic rings. The van der Waals surface area contributed by atoms with Gasteiger partial charge in [-0.05, 0) is 42.3 Å². The van der Waals surface area contributed by atoms with Gasteiger partial charge in [0, 0.05) is 42.6 Å². The van der Waals surface area contributed by atoms with Gasteiger partial charge in [-0.1, -0.05) is 36.7 Å². The zero-order valence-electron chi connectivity index (χ0n) is 17.1. The van der Waals surface area contributed by atoms with Crippen molar-refractivity contribution in [2.24, 2.45) is 0 Å². The fraction of sp³-hybridized carbons (Fsp3) is 0.318. The first-order chi connectivity index (χ1) is 14.6. The molecule has 0 spiro atoms. The van der Waals surface area contributed by atoms with Crippen LogP contribution >= 0.6 is 11.6 Å². The van der Waals surface area contributed by atoms with Gasteiger partial charge in [0.05, 0.1) is 6.54 Å². The summed E-state index contributed by atoms with van der Waals surface area (Å²) in [6, 6.07) is 16.2. The highest BCUT2D eigenvalue weighted by molar-refractivity contribution is 6.30. The smallest absolute Gasteiger partial charge is 0.232 e. The second-order valence-electron chi connectivity index (χ2n) is 7.35. The summed E-state index contributed by atoms with van der Waals surface area (Å²) in [6.45, 7) is 6.46. The van der Waals surface area contributed by atoms with Gasteiger partial charge in [-0.15, -0.1) is 0 Å². The van der Waals surface area contributed by atoms with E-state index in [1.54, 1.807) is 0 Å². The Morgan fingerprint density at radius 1 is 1.00 bits per heavy atom. The largest absolute Gasteiger partial charge is 0.369 e. The Bertz CT molecular complexity index is 985. The lowest BCUT2D eigenvalue weighted by Crippen LogP contribution is -2.46. The maximum atomic E-state index is 6.13. The van der Waals surface area contributed by atoms with Crippen molar-refractivity contribution in [2.75, 3.05) is 42.1 Å². The second-order valence-corrected chi connectivity index (χ2v) is 7.79. The van der Waals surface area contributed by atoms with E-state index in [0.717, 1.165) is 49.0 Å². The van der Waals surface area contributed by atoms with E-state index >= 15 is 0 Å². The third-order valence-electron chi connectivity index (χ3n) is 5.23. The highest BCUT2D eigenvalue weighted by atomic mass is 35.5. The number of nitrogens with zero attached hydrogens (tertiary/aromatic N) is 5. The maximum Gasteiger partial charge on any atom is 0.232 e. The SMILES string of the molecule is CCc1ccc(Nc2nc(N)nc(CN3CCN(c4cccc(Cl)c4)CC3)n2)cc1. The van der Waals surface area contributed by atoms with E-state index in [1.165, 1.54) is 5.56 Å². The summed E-state index contributed by atoms with van der Waals surface area (Å²) in [4.78, 5) is 17.8. The monoisotopic (exact) mass is 423 g/mol. The molecule has 0 saturated carbocycles. The molecule has 2 aromatic carbocycles. The maximum absolute atomic E-state index is 6.13. The predicted molar refractivity (Wildman–Crippen MR) is 122 cm³/mol. The van der Waals surface area contributed by atoms with Crippen molar-refractivity contribution in [3.63, 3.8) is 0 Å². The minimum absolute atomic E-state index is 0.227. The summed E-state index contributed by atoms with van der Waals surface area (Å²) in [5, 5.41) is 3.99. The summed E-state index contributed by atoms with van der Waals surface area (Å²) in [7, 11) is 0. The van der Waals surface area contributed by atoms with Crippen LogP contribution < -0.4 is 16.0 Å². The molecule has 30 heavy (non-hydrogen) atoms. The molecule has 2 heterocycles. The number of benzene rings is 2. The molecule has 0 aliphatic carbocycles. The fourth-order valence-corrected chi connectivity index (χ4v) is 3.74. The Morgan fingerprint density at radius 3 is 2.47 bits per heavy atom. The third-order valence-corrected chi connectivity index (χ3v) is 5.46. The van der Waals surface area contributed by atoms with Crippen LogP contribution in [-0.2, 0) is 13.0 Å². The molecule has 0 bridgehead atoms. The van der Waals surface area contributed by atoms with Crippen molar-refractivity contribution >= 4 is 34.9 Å². The first kappa shape index (κ1) is 20.4. The van der Waals surface area contributed by atoms with Gasteiger partial charge < -0.3 is 16.0 Å². The molecule has 0 atom stereocenters. The van der Waals surface area contributed by atoms with Gasteiger partial charge in [0.2, 0.25) is 11.9 Å². The molecule has 0 unspecified atom stereocenters. The summed E-state index contributed by atoms with van der Waals surface area (Å²) in [6.07, 6.45) is 1.01. The number of hydrogen-bond acceptors (Lipinski definition) is 7. The lowest BCUT2D eigenvalue weighted by atomic mass is 10.1. The number of piperazine rings is 1. The Balaban J connectivity index is 1.37. The number of nitrogens with two attached hydrogens (primary N) is 1. The number of nitrogens with one attached hydrogen (secondary N) is 1. The molecule has 1 fully saturated rings. The van der Waals surface area contributed by atoms with Crippen molar-refractivity contribution in [1.29, 1.82) is 0 Å². The van der Waals surface area contributed by atoms with Crippen LogP contribution in [0.25, 0.3) is 0 Å². The highest BCUT2D eigenvalue weighted by Crippen LogP contribution is 2.21. The van der Waals surface area contributed by atoms with Crippen LogP contribution in [0.3, 0.4) is 0 Å².